The van der Waals surface area contributed by atoms with Crippen LogP contribution in [-0.4, -0.2) is 34.0 Å². The number of anilines is 1. The number of carbonyl (C=O) groups is 1. The van der Waals surface area contributed by atoms with E-state index in [1.165, 1.54) is 4.90 Å². The van der Waals surface area contributed by atoms with Gasteiger partial charge in [-0.25, -0.2) is 4.98 Å². The maximum Gasteiger partial charge on any atom is 0.260 e. The third kappa shape index (κ3) is 6.02. The van der Waals surface area contributed by atoms with E-state index in [-0.39, 0.29) is 11.0 Å². The van der Waals surface area contributed by atoms with Crippen molar-refractivity contribution >= 4 is 40.7 Å². The molecule has 30 heavy (non-hydrogen) atoms. The molecule has 5 nitrogen and oxygen atoms in total. The predicted octanol–water partition coefficient (Wildman–Crippen LogP) is 4.52. The molecule has 0 radical (unpaired) electrons. The summed E-state index contributed by atoms with van der Waals surface area (Å²) in [6.45, 7) is 1.78. The quantitative estimate of drug-likeness (QED) is 0.524. The molecule has 0 unspecified atom stereocenters. The second kappa shape index (κ2) is 10.7. The van der Waals surface area contributed by atoms with E-state index in [9.17, 15) is 4.79 Å². The molecule has 0 aliphatic heterocycles. The molecule has 0 bridgehead atoms. The SMILES string of the molecule is NC(=S)N(CCCN(Cc1ccc(Cl)cc1)c1ccccn1)C(=O)c1ccccc1. The third-order valence-electron chi connectivity index (χ3n) is 4.60. The number of aromatic nitrogens is 1. The molecule has 0 aliphatic carbocycles. The zero-order valence-corrected chi connectivity index (χ0v) is 18.0. The minimum atomic E-state index is -0.190. The second-order valence-electron chi connectivity index (χ2n) is 6.75. The van der Waals surface area contributed by atoms with Gasteiger partial charge in [0.05, 0.1) is 0 Å². The number of amides is 1. The standard InChI is InChI=1S/C23H23ClN4OS/c24-20-12-10-18(11-13-20)17-27(21-9-4-5-14-26-21)15-6-16-28(23(25)30)22(29)19-7-2-1-3-8-19/h1-5,7-14H,6,15-17H2,(H2,25,30). The second-order valence-corrected chi connectivity index (χ2v) is 7.61. The van der Waals surface area contributed by atoms with Crippen molar-refractivity contribution in [2.75, 3.05) is 18.0 Å². The summed E-state index contributed by atoms with van der Waals surface area (Å²) in [5.74, 6) is 0.675. The van der Waals surface area contributed by atoms with E-state index in [1.807, 2.05) is 60.7 Å². The molecular weight excluding hydrogens is 416 g/mol. The van der Waals surface area contributed by atoms with Gasteiger partial charge in [-0.05, 0) is 60.6 Å². The summed E-state index contributed by atoms with van der Waals surface area (Å²) in [6.07, 6.45) is 2.45. The van der Waals surface area contributed by atoms with Crippen LogP contribution in [0.25, 0.3) is 0 Å². The molecule has 1 amide bonds. The Morgan fingerprint density at radius 1 is 0.967 bits per heavy atom. The van der Waals surface area contributed by atoms with Gasteiger partial charge in [-0.3, -0.25) is 9.69 Å². The molecule has 3 rings (SSSR count). The lowest BCUT2D eigenvalue weighted by molar-refractivity contribution is 0.0847. The lowest BCUT2D eigenvalue weighted by Gasteiger charge is -2.26. The maximum atomic E-state index is 12.8. The van der Waals surface area contributed by atoms with Crippen molar-refractivity contribution in [2.24, 2.45) is 5.73 Å². The molecule has 1 aromatic heterocycles. The fourth-order valence-electron chi connectivity index (χ4n) is 3.09. The van der Waals surface area contributed by atoms with Gasteiger partial charge >= 0.3 is 0 Å². The van der Waals surface area contributed by atoms with Crippen LogP contribution < -0.4 is 10.6 Å². The molecule has 2 N–H and O–H groups in total. The minimum Gasteiger partial charge on any atom is -0.376 e. The summed E-state index contributed by atoms with van der Waals surface area (Å²) in [5.41, 5.74) is 7.52. The largest absolute Gasteiger partial charge is 0.376 e. The van der Waals surface area contributed by atoms with Crippen LogP contribution >= 0.6 is 23.8 Å². The lowest BCUT2D eigenvalue weighted by atomic mass is 10.2. The zero-order chi connectivity index (χ0) is 21.3. The van der Waals surface area contributed by atoms with Crippen LogP contribution in [0.5, 0.6) is 0 Å². The number of pyridine rings is 1. The predicted molar refractivity (Wildman–Crippen MR) is 126 cm³/mol. The van der Waals surface area contributed by atoms with Gasteiger partial charge in [-0.1, -0.05) is 48.0 Å². The zero-order valence-electron chi connectivity index (χ0n) is 16.4. The van der Waals surface area contributed by atoms with Crippen LogP contribution in [-0.2, 0) is 6.54 Å². The Bertz CT molecular complexity index is 968. The first kappa shape index (κ1) is 21.7. The van der Waals surface area contributed by atoms with Crippen molar-refractivity contribution in [3.05, 3.63) is 95.1 Å². The van der Waals surface area contributed by atoms with Crippen LogP contribution in [0.2, 0.25) is 5.02 Å². The smallest absolute Gasteiger partial charge is 0.260 e. The molecule has 0 saturated heterocycles. The average Bonchev–Trinajstić information content (AvgIpc) is 2.78. The van der Waals surface area contributed by atoms with Crippen molar-refractivity contribution in [3.63, 3.8) is 0 Å². The number of carbonyl (C=O) groups excluding carboxylic acids is 1. The van der Waals surface area contributed by atoms with Crippen molar-refractivity contribution < 1.29 is 4.79 Å². The molecule has 0 saturated carbocycles. The van der Waals surface area contributed by atoms with Crippen molar-refractivity contribution in [2.45, 2.75) is 13.0 Å². The van der Waals surface area contributed by atoms with Crippen molar-refractivity contribution in [3.8, 4) is 0 Å². The molecule has 154 valence electrons. The molecule has 0 spiro atoms. The number of thiocarbonyl (C=S) groups is 1. The Morgan fingerprint density at radius 2 is 1.67 bits per heavy atom. The van der Waals surface area contributed by atoms with E-state index in [4.69, 9.17) is 29.6 Å². The summed E-state index contributed by atoms with van der Waals surface area (Å²) >= 11 is 11.1. The Morgan fingerprint density at radius 3 is 2.30 bits per heavy atom. The Kier molecular flexibility index (Phi) is 7.76. The fourth-order valence-corrected chi connectivity index (χ4v) is 3.39. The molecule has 2 aromatic carbocycles. The summed E-state index contributed by atoms with van der Waals surface area (Å²) < 4.78 is 0. The van der Waals surface area contributed by atoms with Crippen LogP contribution in [0.15, 0.2) is 79.0 Å². The molecule has 0 aliphatic rings. The number of halogens is 1. The average molecular weight is 439 g/mol. The summed E-state index contributed by atoms with van der Waals surface area (Å²) in [7, 11) is 0. The highest BCUT2D eigenvalue weighted by atomic mass is 35.5. The van der Waals surface area contributed by atoms with Crippen molar-refractivity contribution in [1.82, 2.24) is 9.88 Å². The Hall–Kier alpha value is -2.96. The minimum absolute atomic E-state index is 0.0749. The highest BCUT2D eigenvalue weighted by Gasteiger charge is 2.18. The van der Waals surface area contributed by atoms with Crippen molar-refractivity contribution in [1.29, 1.82) is 0 Å². The van der Waals surface area contributed by atoms with Gasteiger partial charge in [0.1, 0.15) is 5.82 Å². The molecular formula is C23H23ClN4OS. The molecule has 0 fully saturated rings. The normalized spacial score (nSPS) is 10.4. The molecule has 0 atom stereocenters. The first-order chi connectivity index (χ1) is 14.5. The first-order valence-electron chi connectivity index (χ1n) is 9.61. The monoisotopic (exact) mass is 438 g/mol. The van der Waals surface area contributed by atoms with E-state index in [2.05, 4.69) is 9.88 Å². The van der Waals surface area contributed by atoms with E-state index in [1.54, 1.807) is 18.3 Å². The highest BCUT2D eigenvalue weighted by Crippen LogP contribution is 2.17. The van der Waals surface area contributed by atoms with Gasteiger partial charge in [0.2, 0.25) is 0 Å². The number of nitrogens with two attached hydrogens (primary N) is 1. The van der Waals surface area contributed by atoms with E-state index in [0.29, 0.717) is 36.6 Å². The van der Waals surface area contributed by atoms with Crippen LogP contribution in [0.1, 0.15) is 22.3 Å². The number of hydrogen-bond acceptors (Lipinski definition) is 4. The van der Waals surface area contributed by atoms with Gasteiger partial charge in [-0.15, -0.1) is 0 Å². The first-order valence-corrected chi connectivity index (χ1v) is 10.4. The number of nitrogens with zero attached hydrogens (tertiary/aromatic N) is 3. The number of hydrogen-bond donors (Lipinski definition) is 1. The van der Waals surface area contributed by atoms with Gasteiger partial charge < -0.3 is 10.6 Å². The Balaban J connectivity index is 1.68. The van der Waals surface area contributed by atoms with E-state index < -0.39 is 0 Å². The number of rotatable bonds is 8. The van der Waals surface area contributed by atoms with Gasteiger partial charge in [0.25, 0.3) is 5.91 Å². The maximum absolute atomic E-state index is 12.8. The van der Waals surface area contributed by atoms with Gasteiger partial charge in [0, 0.05) is 36.4 Å². The summed E-state index contributed by atoms with van der Waals surface area (Å²) in [5, 5.41) is 0.778. The fraction of sp³-hybridized carbons (Fsp3) is 0.174. The molecule has 1 heterocycles. The van der Waals surface area contributed by atoms with E-state index >= 15 is 0 Å². The highest BCUT2D eigenvalue weighted by molar-refractivity contribution is 7.80. The summed E-state index contributed by atoms with van der Waals surface area (Å²) in [4.78, 5) is 20.9. The topological polar surface area (TPSA) is 62.5 Å². The molecule has 7 heteroatoms. The lowest BCUT2D eigenvalue weighted by Crippen LogP contribution is -2.42. The van der Waals surface area contributed by atoms with Gasteiger partial charge in [-0.2, -0.15) is 0 Å². The summed E-state index contributed by atoms with van der Waals surface area (Å²) in [6, 6.07) is 22.6. The van der Waals surface area contributed by atoms with Crippen LogP contribution in [0.4, 0.5) is 5.82 Å². The Labute approximate surface area is 187 Å². The van der Waals surface area contributed by atoms with Gasteiger partial charge in [0.15, 0.2) is 5.11 Å². The van der Waals surface area contributed by atoms with Crippen LogP contribution in [0.3, 0.4) is 0 Å². The number of benzene rings is 2. The molecule has 3 aromatic rings. The van der Waals surface area contributed by atoms with Crippen LogP contribution in [0, 0.1) is 0 Å². The van der Waals surface area contributed by atoms with E-state index in [0.717, 1.165) is 11.4 Å². The third-order valence-corrected chi connectivity index (χ3v) is 5.07.